The number of guanidine groups is 1. The van der Waals surface area contributed by atoms with E-state index in [0.717, 1.165) is 52.0 Å². The summed E-state index contributed by atoms with van der Waals surface area (Å²) in [5.74, 6) is 1.82. The van der Waals surface area contributed by atoms with Gasteiger partial charge in [-0.15, -0.1) is 0 Å². The second-order valence-electron chi connectivity index (χ2n) is 8.89. The first-order valence-corrected chi connectivity index (χ1v) is 10.7. The van der Waals surface area contributed by atoms with Gasteiger partial charge in [0, 0.05) is 63.3 Å². The van der Waals surface area contributed by atoms with Crippen molar-refractivity contribution in [1.29, 1.82) is 0 Å². The predicted molar refractivity (Wildman–Crippen MR) is 101 cm³/mol. The molecule has 5 fully saturated rings. The highest BCUT2D eigenvalue weighted by Crippen LogP contribution is 2.60. The molecule has 0 radical (unpaired) electrons. The van der Waals surface area contributed by atoms with Crippen molar-refractivity contribution in [2.45, 2.75) is 56.7 Å². The van der Waals surface area contributed by atoms with Crippen LogP contribution in [0.2, 0.25) is 0 Å². The largest absolute Gasteiger partial charge is 0.379 e. The van der Waals surface area contributed by atoms with Gasteiger partial charge in [-0.25, -0.2) is 0 Å². The Bertz CT molecular complexity index is 542. The number of rotatable bonds is 2. The number of nitrogens with one attached hydrogen (secondary N) is 1. The Morgan fingerprint density at radius 2 is 1.88 bits per heavy atom. The standard InChI is InChI=1S/C20H34N4O2/c1-21-19(24-8-4-15(14-24)23-9-12-25-13-10-23)22-17-16-5-11-26-18(16)20(17)6-2-3-7-20/h15-18H,2-14H2,1H3,(H,21,22). The van der Waals surface area contributed by atoms with E-state index in [9.17, 15) is 0 Å². The first kappa shape index (κ1) is 17.3. The molecule has 2 aliphatic carbocycles. The zero-order valence-corrected chi connectivity index (χ0v) is 16.2. The molecule has 1 N–H and O–H groups in total. The Balaban J connectivity index is 1.24. The van der Waals surface area contributed by atoms with Gasteiger partial charge < -0.3 is 19.7 Å². The second kappa shape index (κ2) is 6.95. The predicted octanol–water partition coefficient (Wildman–Crippen LogP) is 1.32. The summed E-state index contributed by atoms with van der Waals surface area (Å²) in [7, 11) is 1.95. The third kappa shape index (κ3) is 2.68. The van der Waals surface area contributed by atoms with E-state index >= 15 is 0 Å². The number of nitrogens with zero attached hydrogens (tertiary/aromatic N) is 3. The maximum absolute atomic E-state index is 6.15. The summed E-state index contributed by atoms with van der Waals surface area (Å²) < 4.78 is 11.7. The quantitative estimate of drug-likeness (QED) is 0.593. The molecular formula is C20H34N4O2. The number of aliphatic imine (C=N–C) groups is 1. The minimum absolute atomic E-state index is 0.389. The van der Waals surface area contributed by atoms with Gasteiger partial charge in [-0.3, -0.25) is 9.89 Å². The first-order valence-electron chi connectivity index (χ1n) is 10.7. The molecule has 6 heteroatoms. The van der Waals surface area contributed by atoms with Crippen molar-refractivity contribution >= 4 is 5.96 Å². The second-order valence-corrected chi connectivity index (χ2v) is 8.89. The monoisotopic (exact) mass is 362 g/mol. The normalized spacial score (nSPS) is 40.0. The van der Waals surface area contributed by atoms with E-state index in [2.05, 4.69) is 20.1 Å². The molecule has 2 saturated carbocycles. The molecule has 4 atom stereocenters. The number of hydrogen-bond acceptors (Lipinski definition) is 4. The Labute approximate surface area is 157 Å². The van der Waals surface area contributed by atoms with Crippen molar-refractivity contribution < 1.29 is 9.47 Å². The molecule has 3 aliphatic heterocycles. The van der Waals surface area contributed by atoms with E-state index in [-0.39, 0.29) is 0 Å². The van der Waals surface area contributed by atoms with Crippen LogP contribution in [0.25, 0.3) is 0 Å². The van der Waals surface area contributed by atoms with Gasteiger partial charge in [0.1, 0.15) is 0 Å². The lowest BCUT2D eigenvalue weighted by Crippen LogP contribution is -2.69. The molecule has 5 aliphatic rings. The Kier molecular flexibility index (Phi) is 4.62. The minimum atomic E-state index is 0.389. The van der Waals surface area contributed by atoms with E-state index in [0.29, 0.717) is 29.5 Å². The van der Waals surface area contributed by atoms with Gasteiger partial charge in [0.15, 0.2) is 5.96 Å². The highest BCUT2D eigenvalue weighted by molar-refractivity contribution is 5.81. The number of fused-ring (bicyclic) bond motifs is 2. The lowest BCUT2D eigenvalue weighted by Gasteiger charge is -2.57. The van der Waals surface area contributed by atoms with E-state index in [1.165, 1.54) is 38.5 Å². The molecule has 0 amide bonds. The van der Waals surface area contributed by atoms with Gasteiger partial charge in [0.2, 0.25) is 0 Å². The van der Waals surface area contributed by atoms with Crippen molar-refractivity contribution in [3.63, 3.8) is 0 Å². The first-order chi connectivity index (χ1) is 12.8. The summed E-state index contributed by atoms with van der Waals surface area (Å²) in [4.78, 5) is 9.79. The van der Waals surface area contributed by atoms with Crippen LogP contribution in [-0.2, 0) is 9.47 Å². The Hall–Kier alpha value is -0.850. The molecule has 0 bridgehead atoms. The maximum Gasteiger partial charge on any atom is 0.193 e. The smallest absolute Gasteiger partial charge is 0.193 e. The SMILES string of the molecule is CN=C(NC1C2CCOC2C12CCCC2)N1CCC(N2CCOCC2)C1. The number of morpholine rings is 1. The van der Waals surface area contributed by atoms with Crippen LogP contribution in [0.5, 0.6) is 0 Å². The average Bonchev–Trinajstić information content (AvgIpc) is 3.43. The summed E-state index contributed by atoms with van der Waals surface area (Å²) in [5, 5.41) is 3.93. The highest BCUT2D eigenvalue weighted by Gasteiger charge is 2.65. The van der Waals surface area contributed by atoms with E-state index in [4.69, 9.17) is 9.47 Å². The molecule has 0 aromatic heterocycles. The summed E-state index contributed by atoms with van der Waals surface area (Å²) in [6, 6.07) is 1.22. The summed E-state index contributed by atoms with van der Waals surface area (Å²) in [6.07, 6.45) is 8.38. The van der Waals surface area contributed by atoms with Crippen LogP contribution in [0.15, 0.2) is 4.99 Å². The molecule has 3 saturated heterocycles. The molecule has 1 spiro atoms. The minimum Gasteiger partial charge on any atom is -0.379 e. The molecule has 0 aromatic carbocycles. The van der Waals surface area contributed by atoms with Crippen LogP contribution < -0.4 is 5.32 Å². The molecule has 146 valence electrons. The molecule has 26 heavy (non-hydrogen) atoms. The fourth-order valence-corrected chi connectivity index (χ4v) is 6.52. The molecule has 4 unspecified atom stereocenters. The van der Waals surface area contributed by atoms with E-state index in [1.807, 2.05) is 7.05 Å². The van der Waals surface area contributed by atoms with Gasteiger partial charge in [0.25, 0.3) is 0 Å². The van der Waals surface area contributed by atoms with Crippen LogP contribution >= 0.6 is 0 Å². The van der Waals surface area contributed by atoms with Crippen LogP contribution in [0.3, 0.4) is 0 Å². The number of hydrogen-bond donors (Lipinski definition) is 1. The molecule has 6 nitrogen and oxygen atoms in total. The molecule has 3 heterocycles. The van der Waals surface area contributed by atoms with Gasteiger partial charge in [-0.05, 0) is 25.7 Å². The van der Waals surface area contributed by atoms with Crippen molar-refractivity contribution in [3.05, 3.63) is 0 Å². The molecule has 5 rings (SSSR count). The van der Waals surface area contributed by atoms with Gasteiger partial charge in [0.05, 0.1) is 19.3 Å². The fourth-order valence-electron chi connectivity index (χ4n) is 6.52. The van der Waals surface area contributed by atoms with Crippen LogP contribution in [0, 0.1) is 11.3 Å². The van der Waals surface area contributed by atoms with Crippen molar-refractivity contribution in [1.82, 2.24) is 15.1 Å². The average molecular weight is 363 g/mol. The number of ether oxygens (including phenoxy) is 2. The van der Waals surface area contributed by atoms with Crippen LogP contribution in [0.4, 0.5) is 0 Å². The van der Waals surface area contributed by atoms with E-state index in [1.54, 1.807) is 0 Å². The Morgan fingerprint density at radius 1 is 1.08 bits per heavy atom. The van der Waals surface area contributed by atoms with Crippen LogP contribution in [-0.4, -0.2) is 87.0 Å². The van der Waals surface area contributed by atoms with Crippen molar-refractivity contribution in [2.75, 3.05) is 53.0 Å². The lowest BCUT2D eigenvalue weighted by atomic mass is 9.54. The highest BCUT2D eigenvalue weighted by atomic mass is 16.5. The summed E-state index contributed by atoms with van der Waals surface area (Å²) in [6.45, 7) is 7.11. The maximum atomic E-state index is 6.15. The summed E-state index contributed by atoms with van der Waals surface area (Å²) >= 11 is 0. The molecular weight excluding hydrogens is 328 g/mol. The lowest BCUT2D eigenvalue weighted by molar-refractivity contribution is -0.125. The zero-order valence-electron chi connectivity index (χ0n) is 16.2. The van der Waals surface area contributed by atoms with E-state index < -0.39 is 0 Å². The van der Waals surface area contributed by atoms with Gasteiger partial charge in [-0.1, -0.05) is 12.8 Å². The molecule has 0 aromatic rings. The summed E-state index contributed by atoms with van der Waals surface area (Å²) in [5.41, 5.74) is 0.389. The third-order valence-electron chi connectivity index (χ3n) is 7.81. The zero-order chi connectivity index (χ0) is 17.6. The fraction of sp³-hybridized carbons (Fsp3) is 0.950. The van der Waals surface area contributed by atoms with Crippen molar-refractivity contribution in [3.8, 4) is 0 Å². The Morgan fingerprint density at radius 3 is 2.65 bits per heavy atom. The topological polar surface area (TPSA) is 49.3 Å². The van der Waals surface area contributed by atoms with Crippen molar-refractivity contribution in [2.24, 2.45) is 16.3 Å². The van der Waals surface area contributed by atoms with Crippen LogP contribution in [0.1, 0.15) is 38.5 Å². The van der Waals surface area contributed by atoms with Gasteiger partial charge >= 0.3 is 0 Å². The number of likely N-dealkylation sites (tertiary alicyclic amines) is 1. The van der Waals surface area contributed by atoms with Gasteiger partial charge in [-0.2, -0.15) is 0 Å². The third-order valence-corrected chi connectivity index (χ3v) is 7.81.